The van der Waals surface area contributed by atoms with Crippen LogP contribution in [0.25, 0.3) is 0 Å². The van der Waals surface area contributed by atoms with Crippen LogP contribution < -0.4 is 30.2 Å². The Morgan fingerprint density at radius 3 is 2.47 bits per heavy atom. The first-order valence-corrected chi connectivity index (χ1v) is 12.2. The van der Waals surface area contributed by atoms with Gasteiger partial charge in [0, 0.05) is 29.0 Å². The summed E-state index contributed by atoms with van der Waals surface area (Å²) in [6.45, 7) is 7.41. The van der Waals surface area contributed by atoms with Crippen LogP contribution in [0.5, 0.6) is 22.7 Å². The summed E-state index contributed by atoms with van der Waals surface area (Å²) in [5.41, 5.74) is 1.34. The molecule has 0 unspecified atom stereocenters. The number of rotatable bonds is 11. The molecule has 1 aromatic carbocycles. The van der Waals surface area contributed by atoms with Crippen molar-refractivity contribution >= 4 is 44.8 Å². The Balaban J connectivity index is 1.73. The van der Waals surface area contributed by atoms with Gasteiger partial charge in [0.25, 0.3) is 11.1 Å². The monoisotopic (exact) mass is 550 g/mol. The molecule has 0 aliphatic rings. The van der Waals surface area contributed by atoms with Gasteiger partial charge in [-0.05, 0) is 24.6 Å². The van der Waals surface area contributed by atoms with Crippen LogP contribution in [-0.2, 0) is 0 Å². The number of carbonyl (C=O) groups is 1. The second-order valence-electron chi connectivity index (χ2n) is 7.44. The smallest absolute Gasteiger partial charge is 0.279 e. The number of anilines is 2. The number of hydrogen-bond acceptors (Lipinski definition) is 10. The number of methoxy groups -OCH3 is 2. The Kier molecular flexibility index (Phi) is 9.02. The van der Waals surface area contributed by atoms with Gasteiger partial charge in [-0.3, -0.25) is 4.79 Å². The van der Waals surface area contributed by atoms with Crippen LogP contribution >= 0.6 is 27.3 Å². The third-order valence-electron chi connectivity index (χ3n) is 4.49. The molecule has 182 valence electrons. The number of thiazole rings is 1. The molecule has 10 nitrogen and oxygen atoms in total. The summed E-state index contributed by atoms with van der Waals surface area (Å²) in [6.07, 6.45) is 0. The highest BCUT2D eigenvalue weighted by atomic mass is 79.9. The zero-order valence-corrected chi connectivity index (χ0v) is 22.0. The van der Waals surface area contributed by atoms with Crippen molar-refractivity contribution in [2.45, 2.75) is 26.8 Å². The lowest BCUT2D eigenvalue weighted by Gasteiger charge is -2.14. The number of benzene rings is 1. The molecule has 3 rings (SSSR count). The maximum absolute atomic E-state index is 12.9. The van der Waals surface area contributed by atoms with Crippen molar-refractivity contribution in [2.24, 2.45) is 0 Å². The lowest BCUT2D eigenvalue weighted by atomic mass is 10.2. The van der Waals surface area contributed by atoms with Gasteiger partial charge in [-0.25, -0.2) is 0 Å². The summed E-state index contributed by atoms with van der Waals surface area (Å²) in [4.78, 5) is 25.8. The van der Waals surface area contributed by atoms with Crippen molar-refractivity contribution in [3.63, 3.8) is 0 Å². The van der Waals surface area contributed by atoms with Crippen molar-refractivity contribution in [3.05, 3.63) is 39.3 Å². The molecule has 0 saturated heterocycles. The number of hydrogen-bond donors (Lipinski definition) is 3. The third-order valence-corrected chi connectivity index (χ3v) is 5.70. The average Bonchev–Trinajstić information content (AvgIpc) is 3.28. The maximum Gasteiger partial charge on any atom is 0.279 e. The van der Waals surface area contributed by atoms with Crippen molar-refractivity contribution in [3.8, 4) is 22.7 Å². The molecule has 0 radical (unpaired) electrons. The van der Waals surface area contributed by atoms with Gasteiger partial charge in [-0.1, -0.05) is 47.2 Å². The molecule has 0 spiro atoms. The van der Waals surface area contributed by atoms with Crippen LogP contribution in [0.4, 0.5) is 11.6 Å². The second-order valence-corrected chi connectivity index (χ2v) is 9.18. The first-order valence-electron chi connectivity index (χ1n) is 10.5. The molecule has 0 aliphatic heterocycles. The van der Waals surface area contributed by atoms with Gasteiger partial charge in [0.15, 0.2) is 5.69 Å². The molecule has 3 N–H and O–H groups in total. The standard InChI is InChI=1S/C22H27BrN6O4S/c1-12(2)24-8-9-25-21-28-19(31-4)17(20(29-21)32-5)27-18(30)15-11-34-22(26-15)33-16-10-14(23)7-6-13(16)3/h6-7,10-12,24H,8-9H2,1-5H3,(H,27,30)(H,25,28,29). The summed E-state index contributed by atoms with van der Waals surface area (Å²) in [6, 6.07) is 6.07. The topological polar surface area (TPSA) is 120 Å². The SMILES string of the molecule is COc1nc(NCCNC(C)C)nc(OC)c1NC(=O)c1csc(Oc2cc(Br)ccc2C)n1. The fourth-order valence-electron chi connectivity index (χ4n) is 2.80. The largest absolute Gasteiger partial charge is 0.479 e. The number of ether oxygens (including phenoxy) is 3. The summed E-state index contributed by atoms with van der Waals surface area (Å²) in [7, 11) is 2.91. The molecule has 0 fully saturated rings. The van der Waals surface area contributed by atoms with Gasteiger partial charge >= 0.3 is 0 Å². The van der Waals surface area contributed by atoms with E-state index in [0.29, 0.717) is 29.5 Å². The van der Waals surface area contributed by atoms with E-state index in [1.165, 1.54) is 25.6 Å². The van der Waals surface area contributed by atoms with E-state index in [-0.39, 0.29) is 23.1 Å². The molecule has 12 heteroatoms. The summed E-state index contributed by atoms with van der Waals surface area (Å²) in [5.74, 6) is 0.830. The molecule has 2 aromatic heterocycles. The predicted octanol–water partition coefficient (Wildman–Crippen LogP) is 4.48. The molecule has 0 bridgehead atoms. The minimum Gasteiger partial charge on any atom is -0.479 e. The Bertz CT molecular complexity index is 1120. The van der Waals surface area contributed by atoms with Crippen molar-refractivity contribution in [1.29, 1.82) is 0 Å². The van der Waals surface area contributed by atoms with E-state index in [1.54, 1.807) is 5.38 Å². The number of aromatic nitrogens is 3. The molecule has 2 heterocycles. The zero-order chi connectivity index (χ0) is 24.7. The number of halogens is 1. The van der Waals surface area contributed by atoms with Crippen molar-refractivity contribution in [1.82, 2.24) is 20.3 Å². The van der Waals surface area contributed by atoms with Gasteiger partial charge in [-0.2, -0.15) is 15.0 Å². The lowest BCUT2D eigenvalue weighted by molar-refractivity contribution is 0.102. The van der Waals surface area contributed by atoms with Gasteiger partial charge in [0.05, 0.1) is 14.2 Å². The second kappa shape index (κ2) is 12.0. The van der Waals surface area contributed by atoms with Gasteiger partial charge < -0.3 is 30.2 Å². The average molecular weight is 551 g/mol. The highest BCUT2D eigenvalue weighted by Crippen LogP contribution is 2.34. The molecule has 0 aliphatic carbocycles. The molecule has 3 aromatic rings. The quantitative estimate of drug-likeness (QED) is 0.297. The molecule has 0 atom stereocenters. The number of nitrogens with one attached hydrogen (secondary N) is 3. The van der Waals surface area contributed by atoms with Crippen LogP contribution in [0.3, 0.4) is 0 Å². The van der Waals surface area contributed by atoms with E-state index in [0.717, 1.165) is 16.6 Å². The van der Waals surface area contributed by atoms with Crippen LogP contribution in [0.15, 0.2) is 28.1 Å². The third kappa shape index (κ3) is 6.78. The van der Waals surface area contributed by atoms with Gasteiger partial charge in [-0.15, -0.1) is 0 Å². The van der Waals surface area contributed by atoms with E-state index in [2.05, 4.69) is 60.7 Å². The molecule has 0 saturated carbocycles. The molecular formula is C22H27BrN6O4S. The van der Waals surface area contributed by atoms with Gasteiger partial charge in [0.2, 0.25) is 17.7 Å². The zero-order valence-electron chi connectivity index (χ0n) is 19.6. The minimum atomic E-state index is -0.473. The van der Waals surface area contributed by atoms with E-state index in [9.17, 15) is 4.79 Å². The predicted molar refractivity (Wildman–Crippen MR) is 136 cm³/mol. The number of aryl methyl sites for hydroxylation is 1. The van der Waals surface area contributed by atoms with Crippen LogP contribution in [0, 0.1) is 6.92 Å². The summed E-state index contributed by atoms with van der Waals surface area (Å²) in [5, 5.41) is 11.1. The Hall–Kier alpha value is -2.96. The molecule has 34 heavy (non-hydrogen) atoms. The highest BCUT2D eigenvalue weighted by molar-refractivity contribution is 9.10. The van der Waals surface area contributed by atoms with E-state index >= 15 is 0 Å². The Morgan fingerprint density at radius 2 is 1.82 bits per heavy atom. The minimum absolute atomic E-state index is 0.163. The summed E-state index contributed by atoms with van der Waals surface area (Å²) < 4.78 is 17.5. The highest BCUT2D eigenvalue weighted by Gasteiger charge is 2.21. The number of amides is 1. The Labute approximate surface area is 210 Å². The van der Waals surface area contributed by atoms with E-state index in [4.69, 9.17) is 14.2 Å². The van der Waals surface area contributed by atoms with Gasteiger partial charge in [0.1, 0.15) is 11.4 Å². The van der Waals surface area contributed by atoms with Crippen molar-refractivity contribution in [2.75, 3.05) is 37.9 Å². The normalized spacial score (nSPS) is 10.8. The van der Waals surface area contributed by atoms with E-state index in [1.807, 2.05) is 25.1 Å². The molecule has 1 amide bonds. The molecular weight excluding hydrogens is 524 g/mol. The van der Waals surface area contributed by atoms with Crippen molar-refractivity contribution < 1.29 is 19.0 Å². The van der Waals surface area contributed by atoms with Crippen LogP contribution in [0.1, 0.15) is 29.9 Å². The number of nitrogens with zero attached hydrogens (tertiary/aromatic N) is 3. The Morgan fingerprint density at radius 1 is 1.12 bits per heavy atom. The maximum atomic E-state index is 12.9. The first-order chi connectivity index (χ1) is 16.3. The van der Waals surface area contributed by atoms with Crippen LogP contribution in [0.2, 0.25) is 0 Å². The first kappa shape index (κ1) is 25.7. The number of carbonyl (C=O) groups excluding carboxylic acids is 1. The lowest BCUT2D eigenvalue weighted by Crippen LogP contribution is -2.28. The van der Waals surface area contributed by atoms with Crippen LogP contribution in [-0.4, -0.2) is 54.2 Å². The fraction of sp³-hybridized carbons (Fsp3) is 0.364. The van der Waals surface area contributed by atoms with E-state index < -0.39 is 5.91 Å². The summed E-state index contributed by atoms with van der Waals surface area (Å²) >= 11 is 4.64. The fourth-order valence-corrected chi connectivity index (χ4v) is 3.80.